The van der Waals surface area contributed by atoms with Gasteiger partial charge in [-0.25, -0.2) is 0 Å². The van der Waals surface area contributed by atoms with Crippen molar-refractivity contribution in [3.63, 3.8) is 0 Å². The summed E-state index contributed by atoms with van der Waals surface area (Å²) in [5.74, 6) is -2.90. The zero-order valence-corrected chi connectivity index (χ0v) is 92.9. The maximum absolute atomic E-state index is 14.5. The lowest BCUT2D eigenvalue weighted by atomic mass is 9.87. The molecule has 4 aromatic heterocycles. The van der Waals surface area contributed by atoms with Crippen LogP contribution in [0.15, 0.2) is 231 Å². The molecule has 8 atom stereocenters. The van der Waals surface area contributed by atoms with Gasteiger partial charge in [-0.3, -0.25) is 97.1 Å². The molecule has 4 saturated heterocycles. The van der Waals surface area contributed by atoms with Crippen LogP contribution in [-0.4, -0.2) is 183 Å². The first kappa shape index (κ1) is 118. The molecule has 4 N–H and O–H groups in total. The second kappa shape index (κ2) is 50.4. The number of carbonyl (C=O) groups excluding carboxylic acids is 12. The van der Waals surface area contributed by atoms with E-state index in [0.29, 0.717) is 109 Å². The van der Waals surface area contributed by atoms with Gasteiger partial charge in [-0.1, -0.05) is 181 Å². The van der Waals surface area contributed by atoms with E-state index in [1.165, 1.54) is 12.2 Å². The van der Waals surface area contributed by atoms with Crippen molar-refractivity contribution in [2.75, 3.05) is 45.8 Å². The molecule has 28 heteroatoms. The van der Waals surface area contributed by atoms with Crippen LogP contribution in [0.1, 0.15) is 327 Å². The first-order valence-corrected chi connectivity index (χ1v) is 52.0. The Balaban J connectivity index is 0.000000219. The molecule has 0 spiro atoms. The van der Waals surface area contributed by atoms with Crippen LogP contribution in [-0.2, 0) is 79.2 Å². The Morgan fingerprint density at radius 2 is 0.541 bits per heavy atom. The van der Waals surface area contributed by atoms with E-state index in [4.69, 9.17) is 0 Å². The molecule has 12 amide bonds. The molecular formula is C120H162N16O12. The van der Waals surface area contributed by atoms with Gasteiger partial charge in [0.1, 0.15) is 48.3 Å². The number of nitrogens with one attached hydrogen (secondary N) is 4. The largest absolute Gasteiger partial charge is 0.349 e. The molecule has 0 radical (unpaired) electrons. The summed E-state index contributed by atoms with van der Waals surface area (Å²) in [5.41, 5.74) is 7.59. The molecule has 8 heterocycles. The van der Waals surface area contributed by atoms with Crippen molar-refractivity contribution in [2.24, 2.45) is 0 Å². The molecule has 28 nitrogen and oxygen atoms in total. The summed E-state index contributed by atoms with van der Waals surface area (Å²) >= 11 is 0. The first-order valence-electron chi connectivity index (χ1n) is 52.0. The third-order valence-electron chi connectivity index (χ3n) is 26.0. The Hall–Kier alpha value is -13.7. The van der Waals surface area contributed by atoms with Crippen LogP contribution in [0.25, 0.3) is 0 Å². The Kier molecular flexibility index (Phi) is 40.1. The van der Waals surface area contributed by atoms with Gasteiger partial charge in [0.05, 0.1) is 0 Å². The number of benzene rings is 4. The second-order valence-corrected chi connectivity index (χ2v) is 46.8. The first-order chi connectivity index (χ1) is 69.2. The zero-order valence-electron chi connectivity index (χ0n) is 92.9. The molecule has 8 unspecified atom stereocenters. The number of hydrogen-bond donors (Lipinski definition) is 4. The van der Waals surface area contributed by atoms with Gasteiger partial charge in [-0.2, -0.15) is 0 Å². The lowest BCUT2D eigenvalue weighted by molar-refractivity contribution is -0.138. The van der Waals surface area contributed by atoms with E-state index in [2.05, 4.69) is 124 Å². The van der Waals surface area contributed by atoms with Crippen LogP contribution in [0.4, 0.5) is 22.7 Å². The molecule has 794 valence electrons. The van der Waals surface area contributed by atoms with Gasteiger partial charge in [0, 0.05) is 155 Å². The van der Waals surface area contributed by atoms with E-state index in [1.807, 2.05) is 199 Å². The van der Waals surface area contributed by atoms with Gasteiger partial charge in [0.15, 0.2) is 0 Å². The second-order valence-electron chi connectivity index (χ2n) is 46.8. The molecule has 0 aliphatic carbocycles. The monoisotopic (exact) mass is 2020 g/mol. The number of amides is 12. The molecule has 4 aliphatic heterocycles. The number of rotatable bonds is 24. The summed E-state index contributed by atoms with van der Waals surface area (Å²) in [6, 6.07) is 39.0. The third kappa shape index (κ3) is 31.7. The SMILES string of the molecule is C/C=C(\C)C(=O)N1CCCC1C(=O)N(c1ccc(C(C)(C)C)cc1)C(C(=O)NC(C)(C)C)c1cccnc1.C/C=C/C(=O)N1CCCC1C(=O)N(c1ccc(C(C)(C)C)cc1)C(C(=O)NC(C)(C)C)c1cccnc1.C/C=C/C(=O)N1CCCC1C(=O)N(c1ccc(C(C)(C)C)cc1)C(C(=O)NC(C)(C)C)c1cccnc1.CCC(=O)N1CCCC1C(=O)N(c1ccc(C(C)(C)C)cc1)C(C(=O)NC(C)(C)C)c1cccnc1. The van der Waals surface area contributed by atoms with Crippen molar-refractivity contribution in [1.29, 1.82) is 0 Å². The molecule has 8 aromatic rings. The smallest absolute Gasteiger partial charge is 0.250 e. The van der Waals surface area contributed by atoms with Gasteiger partial charge < -0.3 is 40.9 Å². The molecular weight excluding hydrogens is 1860 g/mol. The fraction of sp³-hybridized carbons (Fsp3) is 0.483. The van der Waals surface area contributed by atoms with Crippen molar-refractivity contribution in [3.8, 4) is 0 Å². The number of anilines is 4. The van der Waals surface area contributed by atoms with Gasteiger partial charge in [0.2, 0.25) is 47.3 Å². The molecule has 0 saturated carbocycles. The van der Waals surface area contributed by atoms with Crippen LogP contribution < -0.4 is 40.9 Å². The highest BCUT2D eigenvalue weighted by atomic mass is 16.2. The number of allylic oxidation sites excluding steroid dienone is 3. The molecule has 12 rings (SSSR count). The highest BCUT2D eigenvalue weighted by Gasteiger charge is 2.49. The number of likely N-dealkylation sites (tertiary alicyclic amines) is 4. The quantitative estimate of drug-likeness (QED) is 0.0408. The van der Waals surface area contributed by atoms with Gasteiger partial charge in [-0.15, -0.1) is 0 Å². The fourth-order valence-electron chi connectivity index (χ4n) is 18.5. The molecule has 4 aliphatic rings. The topological polar surface area (TPSA) is 330 Å². The summed E-state index contributed by atoms with van der Waals surface area (Å²) in [4.78, 5) is 194. The summed E-state index contributed by atoms with van der Waals surface area (Å²) in [6.07, 6.45) is 26.6. The number of pyridine rings is 4. The van der Waals surface area contributed by atoms with Crippen LogP contribution in [0.2, 0.25) is 0 Å². The minimum Gasteiger partial charge on any atom is -0.349 e. The predicted octanol–water partition coefficient (Wildman–Crippen LogP) is 20.0. The fourth-order valence-corrected chi connectivity index (χ4v) is 18.5. The Labute approximate surface area is 879 Å². The van der Waals surface area contributed by atoms with Crippen LogP contribution >= 0.6 is 0 Å². The number of nitrogens with zero attached hydrogens (tertiary/aromatic N) is 12. The molecule has 4 aromatic carbocycles. The number of hydrogen-bond acceptors (Lipinski definition) is 16. The summed E-state index contributed by atoms with van der Waals surface area (Å²) in [5, 5.41) is 12.2. The zero-order chi connectivity index (χ0) is 110. The normalized spacial score (nSPS) is 17.1. The Morgan fingerprint density at radius 1 is 0.324 bits per heavy atom. The Morgan fingerprint density at radius 3 is 0.736 bits per heavy atom. The Bertz CT molecular complexity index is 5780. The van der Waals surface area contributed by atoms with E-state index in [0.717, 1.165) is 47.9 Å². The average Bonchev–Trinajstić information content (AvgIpc) is 1.48. The summed E-state index contributed by atoms with van der Waals surface area (Å²) < 4.78 is 0. The van der Waals surface area contributed by atoms with Gasteiger partial charge >= 0.3 is 0 Å². The highest BCUT2D eigenvalue weighted by Crippen LogP contribution is 2.41. The maximum atomic E-state index is 14.5. The number of carbonyl (C=O) groups is 12. The molecule has 148 heavy (non-hydrogen) atoms. The van der Waals surface area contributed by atoms with E-state index in [1.54, 1.807) is 171 Å². The highest BCUT2D eigenvalue weighted by molar-refractivity contribution is 6.10. The van der Waals surface area contributed by atoms with Crippen LogP contribution in [0.3, 0.4) is 0 Å². The molecule has 4 fully saturated rings. The van der Waals surface area contributed by atoms with Crippen LogP contribution in [0, 0.1) is 0 Å². The van der Waals surface area contributed by atoms with Crippen molar-refractivity contribution in [2.45, 2.75) is 351 Å². The number of aromatic nitrogens is 4. The lowest BCUT2D eigenvalue weighted by Gasteiger charge is -2.37. The minimum absolute atomic E-state index is 0.0500. The van der Waals surface area contributed by atoms with E-state index in [9.17, 15) is 57.5 Å². The summed E-state index contributed by atoms with van der Waals surface area (Å²) in [7, 11) is 0. The minimum atomic E-state index is -0.962. The average molecular weight is 2020 g/mol. The summed E-state index contributed by atoms with van der Waals surface area (Å²) in [6.45, 7) is 59.5. The standard InChI is InChI=1S/C31H42N4O3.2C30H40N4O3.C29H40N4O3/c1-9-21(2)28(37)34-19-11-13-25(34)29(38)35(24-16-14-23(15-17-24)30(3,4)5)26(22-12-10-18-32-20-22)27(36)33-31(6,7)8;2*1-8-11-25(35)33-19-10-13-24(33)28(37)34(23-16-14-22(15-17-23)29(2,3)4)26(21-12-9-18-31-20-21)27(36)32-30(5,6)7;1-8-24(34)32-18-10-12-23(32)27(36)33(22-15-13-21(14-16-22)28(2,3)4)25(20-11-9-17-30-19-20)26(35)31-29(5,6)7/h9-10,12,14-18,20,25-26H,11,13,19H2,1-8H3,(H,33,36);2*8-9,11-12,14-18,20,24,26H,10,13,19H2,1-7H3,(H,32,36);9,11,13-17,19,23,25H,8,10,12,18H2,1-7H3,(H,31,35)/b21-9+;2*11-8+;. The van der Waals surface area contributed by atoms with Crippen molar-refractivity contribution in [3.05, 3.63) is 276 Å². The van der Waals surface area contributed by atoms with E-state index in [-0.39, 0.29) is 92.5 Å². The lowest BCUT2D eigenvalue weighted by Crippen LogP contribution is -2.54. The maximum Gasteiger partial charge on any atom is 0.250 e. The van der Waals surface area contributed by atoms with Crippen molar-refractivity contribution in [1.82, 2.24) is 60.8 Å². The van der Waals surface area contributed by atoms with Gasteiger partial charge in [0.25, 0.3) is 23.6 Å². The van der Waals surface area contributed by atoms with E-state index >= 15 is 0 Å². The van der Waals surface area contributed by atoms with Crippen molar-refractivity contribution >= 4 is 93.6 Å². The van der Waals surface area contributed by atoms with Crippen molar-refractivity contribution < 1.29 is 57.5 Å². The van der Waals surface area contributed by atoms with Gasteiger partial charge in [-0.05, 0) is 291 Å². The predicted molar refractivity (Wildman–Crippen MR) is 588 cm³/mol. The third-order valence-corrected chi connectivity index (χ3v) is 26.0. The molecule has 0 bridgehead atoms. The van der Waals surface area contributed by atoms with Crippen LogP contribution in [0.5, 0.6) is 0 Å². The van der Waals surface area contributed by atoms with E-state index < -0.39 is 70.5 Å².